The molecule has 10 nitrogen and oxygen atoms in total. The van der Waals surface area contributed by atoms with Crippen molar-refractivity contribution >= 4 is 11.6 Å². The molecule has 2 heterocycles. The maximum Gasteiger partial charge on any atom is 0.289 e. The molecule has 1 aromatic heterocycles. The topological polar surface area (TPSA) is 110 Å². The number of benzene rings is 1. The van der Waals surface area contributed by atoms with Crippen LogP contribution in [0.15, 0.2) is 53.0 Å². The van der Waals surface area contributed by atoms with Crippen LogP contribution in [0.1, 0.15) is 10.6 Å². The Labute approximate surface area is 167 Å². The molecule has 1 fully saturated rings. The minimum atomic E-state index is -0.510. The molecular weight excluding hydrogens is 380 g/mol. The highest BCUT2D eigenvalue weighted by Crippen LogP contribution is 2.30. The van der Waals surface area contributed by atoms with Gasteiger partial charge < -0.3 is 29.0 Å². The van der Waals surface area contributed by atoms with Crippen molar-refractivity contribution in [1.29, 1.82) is 0 Å². The molecule has 1 aliphatic heterocycles. The van der Waals surface area contributed by atoms with Crippen LogP contribution >= 0.6 is 0 Å². The number of piperazine rings is 1. The SMILES string of the molecule is COc1ccc(N/C(=C/[N+](=O)[O-])N2CCN(C(=O)c3ccco3)CC2)cc1OC. The van der Waals surface area contributed by atoms with Crippen LogP contribution in [0.3, 0.4) is 0 Å². The van der Waals surface area contributed by atoms with Crippen LogP contribution in [0.2, 0.25) is 0 Å². The second-order valence-corrected chi connectivity index (χ2v) is 6.25. The molecule has 10 heteroatoms. The Balaban J connectivity index is 1.70. The number of furan rings is 1. The van der Waals surface area contributed by atoms with Crippen LogP contribution < -0.4 is 14.8 Å². The second-order valence-electron chi connectivity index (χ2n) is 6.25. The zero-order valence-electron chi connectivity index (χ0n) is 16.2. The summed E-state index contributed by atoms with van der Waals surface area (Å²) in [6.07, 6.45) is 2.37. The lowest BCUT2D eigenvalue weighted by molar-refractivity contribution is -0.404. The number of nitrogens with zero attached hydrogens (tertiary/aromatic N) is 3. The molecule has 0 spiro atoms. The highest BCUT2D eigenvalue weighted by Gasteiger charge is 2.26. The first-order valence-electron chi connectivity index (χ1n) is 8.94. The van der Waals surface area contributed by atoms with Gasteiger partial charge in [-0.25, -0.2) is 0 Å². The number of carbonyl (C=O) groups is 1. The fourth-order valence-electron chi connectivity index (χ4n) is 3.06. The summed E-state index contributed by atoms with van der Waals surface area (Å²) in [6.45, 7) is 1.71. The quantitative estimate of drug-likeness (QED) is 0.555. The molecule has 0 saturated carbocycles. The third-order valence-corrected chi connectivity index (χ3v) is 4.52. The van der Waals surface area contributed by atoms with Crippen molar-refractivity contribution in [3.05, 3.63) is 64.5 Å². The Bertz CT molecular complexity index is 888. The number of nitrogens with one attached hydrogen (secondary N) is 1. The third kappa shape index (κ3) is 4.78. The van der Waals surface area contributed by atoms with E-state index in [2.05, 4.69) is 5.32 Å². The van der Waals surface area contributed by atoms with E-state index in [1.165, 1.54) is 20.5 Å². The van der Waals surface area contributed by atoms with Crippen molar-refractivity contribution in [3.8, 4) is 11.5 Å². The van der Waals surface area contributed by atoms with Crippen molar-refractivity contribution in [2.45, 2.75) is 0 Å². The van der Waals surface area contributed by atoms with Crippen LogP contribution in [-0.2, 0) is 0 Å². The molecule has 1 saturated heterocycles. The van der Waals surface area contributed by atoms with Crippen LogP contribution in [0, 0.1) is 10.1 Å². The number of methoxy groups -OCH3 is 2. The van der Waals surface area contributed by atoms with E-state index in [1.807, 2.05) is 4.90 Å². The molecule has 0 bridgehead atoms. The van der Waals surface area contributed by atoms with Gasteiger partial charge in [-0.1, -0.05) is 0 Å². The molecule has 3 rings (SSSR count). The summed E-state index contributed by atoms with van der Waals surface area (Å²) >= 11 is 0. The van der Waals surface area contributed by atoms with E-state index in [0.29, 0.717) is 49.2 Å². The molecule has 154 valence electrons. The highest BCUT2D eigenvalue weighted by atomic mass is 16.6. The number of hydrogen-bond donors (Lipinski definition) is 1. The molecule has 1 N–H and O–H groups in total. The van der Waals surface area contributed by atoms with Gasteiger partial charge in [-0.2, -0.15) is 0 Å². The predicted molar refractivity (Wildman–Crippen MR) is 104 cm³/mol. The van der Waals surface area contributed by atoms with E-state index in [0.717, 1.165) is 6.20 Å². The largest absolute Gasteiger partial charge is 0.493 e. The van der Waals surface area contributed by atoms with Crippen LogP contribution in [0.25, 0.3) is 0 Å². The molecule has 1 aliphatic rings. The van der Waals surface area contributed by atoms with Gasteiger partial charge >= 0.3 is 0 Å². The lowest BCUT2D eigenvalue weighted by atomic mass is 10.2. The van der Waals surface area contributed by atoms with E-state index in [9.17, 15) is 14.9 Å². The Morgan fingerprint density at radius 1 is 1.14 bits per heavy atom. The number of nitro groups is 1. The zero-order chi connectivity index (χ0) is 20.8. The van der Waals surface area contributed by atoms with E-state index in [1.54, 1.807) is 35.2 Å². The highest BCUT2D eigenvalue weighted by molar-refractivity contribution is 5.91. The van der Waals surface area contributed by atoms with Crippen molar-refractivity contribution in [2.24, 2.45) is 0 Å². The zero-order valence-corrected chi connectivity index (χ0v) is 16.2. The minimum absolute atomic E-state index is 0.192. The molecule has 2 aromatic rings. The number of amides is 1. The monoisotopic (exact) mass is 402 g/mol. The van der Waals surface area contributed by atoms with Crippen LogP contribution in [0.4, 0.5) is 5.69 Å². The summed E-state index contributed by atoms with van der Waals surface area (Å²) in [5.41, 5.74) is 0.616. The summed E-state index contributed by atoms with van der Waals surface area (Å²) in [4.78, 5) is 26.5. The van der Waals surface area contributed by atoms with Gasteiger partial charge in [0.15, 0.2) is 23.1 Å². The normalized spacial score (nSPS) is 14.5. The number of hydrogen-bond acceptors (Lipinski definition) is 8. The van der Waals surface area contributed by atoms with Gasteiger partial charge in [0, 0.05) is 37.9 Å². The van der Waals surface area contributed by atoms with Gasteiger partial charge in [0.1, 0.15) is 0 Å². The molecule has 0 unspecified atom stereocenters. The summed E-state index contributed by atoms with van der Waals surface area (Å²) in [5.74, 6) is 1.48. The number of carbonyl (C=O) groups excluding carboxylic acids is 1. The smallest absolute Gasteiger partial charge is 0.289 e. The van der Waals surface area contributed by atoms with Gasteiger partial charge in [0.05, 0.1) is 25.4 Å². The number of anilines is 1. The van der Waals surface area contributed by atoms with Crippen LogP contribution in [0.5, 0.6) is 11.5 Å². The molecular formula is C19H22N4O6. The maximum absolute atomic E-state index is 12.4. The Kier molecular flexibility index (Phi) is 6.22. The van der Waals surface area contributed by atoms with Gasteiger partial charge in [-0.15, -0.1) is 0 Å². The molecule has 0 atom stereocenters. The average molecular weight is 402 g/mol. The lowest BCUT2D eigenvalue weighted by Crippen LogP contribution is -2.49. The van der Waals surface area contributed by atoms with Crippen molar-refractivity contribution in [1.82, 2.24) is 9.80 Å². The average Bonchev–Trinajstić information content (AvgIpc) is 3.27. The number of rotatable bonds is 7. The molecule has 1 aromatic carbocycles. The first kappa shape index (κ1) is 20.1. The van der Waals surface area contributed by atoms with Gasteiger partial charge in [0.25, 0.3) is 12.1 Å². The summed E-state index contributed by atoms with van der Waals surface area (Å²) in [6, 6.07) is 8.43. The number of ether oxygens (including phenoxy) is 2. The van der Waals surface area contributed by atoms with E-state index in [-0.39, 0.29) is 11.7 Å². The van der Waals surface area contributed by atoms with Crippen molar-refractivity contribution in [2.75, 3.05) is 45.7 Å². The van der Waals surface area contributed by atoms with Gasteiger partial charge in [-0.3, -0.25) is 14.9 Å². The van der Waals surface area contributed by atoms with Crippen LogP contribution in [-0.4, -0.2) is 61.0 Å². The summed E-state index contributed by atoms with van der Waals surface area (Å²) in [5, 5.41) is 14.2. The van der Waals surface area contributed by atoms with Crippen molar-refractivity contribution in [3.63, 3.8) is 0 Å². The van der Waals surface area contributed by atoms with Gasteiger partial charge in [-0.05, 0) is 24.3 Å². The molecule has 1 amide bonds. The molecule has 29 heavy (non-hydrogen) atoms. The first-order valence-corrected chi connectivity index (χ1v) is 8.94. The van der Waals surface area contributed by atoms with Crippen molar-refractivity contribution < 1.29 is 23.6 Å². The minimum Gasteiger partial charge on any atom is -0.493 e. The Morgan fingerprint density at radius 2 is 1.83 bits per heavy atom. The fraction of sp³-hybridized carbons (Fsp3) is 0.316. The predicted octanol–water partition coefficient (Wildman–Crippen LogP) is 2.24. The fourth-order valence-corrected chi connectivity index (χ4v) is 3.06. The Hall–Kier alpha value is -3.69. The molecule has 0 aliphatic carbocycles. The van der Waals surface area contributed by atoms with Gasteiger partial charge in [0.2, 0.25) is 0 Å². The maximum atomic E-state index is 12.4. The first-order chi connectivity index (χ1) is 14.0. The summed E-state index contributed by atoms with van der Waals surface area (Å²) in [7, 11) is 3.05. The second kappa shape index (κ2) is 9.00. The lowest BCUT2D eigenvalue weighted by Gasteiger charge is -2.36. The Morgan fingerprint density at radius 3 is 2.41 bits per heavy atom. The van der Waals surface area contributed by atoms with E-state index in [4.69, 9.17) is 13.9 Å². The third-order valence-electron chi connectivity index (χ3n) is 4.52. The molecule has 0 radical (unpaired) electrons. The van der Waals surface area contributed by atoms with E-state index >= 15 is 0 Å². The summed E-state index contributed by atoms with van der Waals surface area (Å²) < 4.78 is 15.6. The van der Waals surface area contributed by atoms with E-state index < -0.39 is 4.92 Å². The standard InChI is InChI=1S/C19H22N4O6/c1-27-15-6-5-14(12-17(15)28-2)20-18(13-23(25)26)21-7-9-22(10-8-21)19(24)16-4-3-11-29-16/h3-6,11-13,20H,7-10H2,1-2H3/b18-13-.